The number of ether oxygens (including phenoxy) is 1. The first-order valence-corrected chi connectivity index (χ1v) is 10.6. The van der Waals surface area contributed by atoms with Crippen molar-refractivity contribution >= 4 is 64.2 Å². The molecule has 0 fully saturated rings. The SMILES string of the molecule is O=C1Nc2ccccc2S/C1=C\c1cc(Cl)ccc1OCc1ccc(Cl)cc1Cl. The van der Waals surface area contributed by atoms with Crippen molar-refractivity contribution in [3.8, 4) is 5.75 Å². The third-order valence-corrected chi connectivity index (χ3v) is 6.16. The Kier molecular flexibility index (Phi) is 6.07. The monoisotopic (exact) mass is 461 g/mol. The van der Waals surface area contributed by atoms with E-state index in [1.807, 2.05) is 30.3 Å². The maximum Gasteiger partial charge on any atom is 0.262 e. The summed E-state index contributed by atoms with van der Waals surface area (Å²) in [7, 11) is 0. The molecule has 0 aliphatic carbocycles. The van der Waals surface area contributed by atoms with Crippen LogP contribution in [0.1, 0.15) is 11.1 Å². The number of carbonyl (C=O) groups is 1. The van der Waals surface area contributed by atoms with Gasteiger partial charge in [0.25, 0.3) is 5.91 Å². The highest BCUT2D eigenvalue weighted by Crippen LogP contribution is 2.39. The summed E-state index contributed by atoms with van der Waals surface area (Å²) >= 11 is 19.8. The number of rotatable bonds is 4. The third kappa shape index (κ3) is 4.73. The van der Waals surface area contributed by atoms with Crippen LogP contribution < -0.4 is 10.1 Å². The van der Waals surface area contributed by atoms with E-state index in [-0.39, 0.29) is 12.5 Å². The van der Waals surface area contributed by atoms with Crippen LogP contribution in [0.25, 0.3) is 6.08 Å². The lowest BCUT2D eigenvalue weighted by Gasteiger charge is -2.19. The summed E-state index contributed by atoms with van der Waals surface area (Å²) < 4.78 is 5.97. The summed E-state index contributed by atoms with van der Waals surface area (Å²) in [6.07, 6.45) is 1.78. The maximum atomic E-state index is 12.5. The zero-order valence-corrected chi connectivity index (χ0v) is 18.0. The fourth-order valence-electron chi connectivity index (χ4n) is 2.80. The van der Waals surface area contributed by atoms with E-state index in [9.17, 15) is 4.79 Å². The van der Waals surface area contributed by atoms with Crippen LogP contribution in [-0.4, -0.2) is 5.91 Å². The van der Waals surface area contributed by atoms with Gasteiger partial charge in [0.2, 0.25) is 0 Å². The van der Waals surface area contributed by atoms with Crippen LogP contribution in [0.3, 0.4) is 0 Å². The van der Waals surface area contributed by atoms with Gasteiger partial charge in [0.1, 0.15) is 12.4 Å². The smallest absolute Gasteiger partial charge is 0.262 e. The molecule has 1 amide bonds. The minimum atomic E-state index is -0.166. The molecule has 1 N–H and O–H groups in total. The molecule has 29 heavy (non-hydrogen) atoms. The summed E-state index contributed by atoms with van der Waals surface area (Å²) in [5.74, 6) is 0.431. The number of halogens is 3. The van der Waals surface area contributed by atoms with E-state index < -0.39 is 0 Å². The summed E-state index contributed by atoms with van der Waals surface area (Å²) in [6, 6.07) is 18.2. The Morgan fingerprint density at radius 2 is 1.72 bits per heavy atom. The molecule has 0 radical (unpaired) electrons. The van der Waals surface area contributed by atoms with Gasteiger partial charge in [-0.05, 0) is 48.5 Å². The molecular formula is C22H14Cl3NO2S. The molecule has 3 aromatic carbocycles. The number of carbonyl (C=O) groups excluding carboxylic acids is 1. The first-order chi connectivity index (χ1) is 14.0. The molecule has 3 aromatic rings. The Bertz CT molecular complexity index is 1130. The van der Waals surface area contributed by atoms with Crippen molar-refractivity contribution in [1.29, 1.82) is 0 Å². The predicted molar refractivity (Wildman–Crippen MR) is 121 cm³/mol. The Balaban J connectivity index is 1.62. The zero-order chi connectivity index (χ0) is 20.4. The summed E-state index contributed by atoms with van der Waals surface area (Å²) in [4.78, 5) is 14.0. The first-order valence-electron chi connectivity index (χ1n) is 8.66. The van der Waals surface area contributed by atoms with E-state index in [0.29, 0.717) is 31.3 Å². The van der Waals surface area contributed by atoms with Gasteiger partial charge < -0.3 is 10.1 Å². The highest BCUT2D eigenvalue weighted by molar-refractivity contribution is 8.04. The summed E-state index contributed by atoms with van der Waals surface area (Å²) in [5.41, 5.74) is 2.32. The van der Waals surface area contributed by atoms with E-state index in [0.717, 1.165) is 16.1 Å². The molecule has 146 valence electrons. The van der Waals surface area contributed by atoms with Gasteiger partial charge in [0, 0.05) is 31.1 Å². The van der Waals surface area contributed by atoms with Crippen molar-refractivity contribution in [3.63, 3.8) is 0 Å². The maximum absolute atomic E-state index is 12.5. The van der Waals surface area contributed by atoms with Gasteiger partial charge in [-0.2, -0.15) is 0 Å². The van der Waals surface area contributed by atoms with Gasteiger partial charge in [0.05, 0.1) is 10.6 Å². The largest absolute Gasteiger partial charge is 0.488 e. The first kappa shape index (κ1) is 20.2. The average molecular weight is 463 g/mol. The fraction of sp³-hybridized carbons (Fsp3) is 0.0455. The van der Waals surface area contributed by atoms with Gasteiger partial charge >= 0.3 is 0 Å². The zero-order valence-electron chi connectivity index (χ0n) is 14.9. The number of nitrogens with one attached hydrogen (secondary N) is 1. The van der Waals surface area contributed by atoms with Crippen molar-refractivity contribution in [3.05, 3.63) is 91.8 Å². The second-order valence-corrected chi connectivity index (χ2v) is 8.63. The second-order valence-electron chi connectivity index (χ2n) is 6.27. The molecule has 1 heterocycles. The normalized spacial score (nSPS) is 14.4. The van der Waals surface area contributed by atoms with Crippen LogP contribution in [0, 0.1) is 0 Å². The van der Waals surface area contributed by atoms with Crippen LogP contribution in [0.2, 0.25) is 15.1 Å². The number of hydrogen-bond donors (Lipinski definition) is 1. The second kappa shape index (κ2) is 8.72. The molecule has 0 spiro atoms. The van der Waals surface area contributed by atoms with Crippen molar-refractivity contribution in [1.82, 2.24) is 0 Å². The van der Waals surface area contributed by atoms with Gasteiger partial charge in [-0.1, -0.05) is 64.8 Å². The van der Waals surface area contributed by atoms with Crippen molar-refractivity contribution in [2.45, 2.75) is 11.5 Å². The highest BCUT2D eigenvalue weighted by Gasteiger charge is 2.21. The van der Waals surface area contributed by atoms with Crippen LogP contribution in [0.4, 0.5) is 5.69 Å². The molecule has 0 saturated carbocycles. The number of hydrogen-bond acceptors (Lipinski definition) is 3. The number of anilines is 1. The Morgan fingerprint density at radius 1 is 0.966 bits per heavy atom. The van der Waals surface area contributed by atoms with Crippen LogP contribution >= 0.6 is 46.6 Å². The lowest BCUT2D eigenvalue weighted by Crippen LogP contribution is -2.17. The molecule has 0 saturated heterocycles. The number of benzene rings is 3. The molecule has 0 atom stereocenters. The molecule has 1 aliphatic heterocycles. The molecule has 3 nitrogen and oxygen atoms in total. The van der Waals surface area contributed by atoms with Gasteiger partial charge in [-0.3, -0.25) is 4.79 Å². The minimum Gasteiger partial charge on any atom is -0.488 e. The number of para-hydroxylation sites is 1. The van der Waals surface area contributed by atoms with E-state index in [4.69, 9.17) is 39.5 Å². The minimum absolute atomic E-state index is 0.166. The van der Waals surface area contributed by atoms with Crippen molar-refractivity contribution in [2.75, 3.05) is 5.32 Å². The molecule has 0 bridgehead atoms. The average Bonchev–Trinajstić information content (AvgIpc) is 2.69. The number of fused-ring (bicyclic) bond motifs is 1. The molecular weight excluding hydrogens is 449 g/mol. The Morgan fingerprint density at radius 3 is 2.55 bits per heavy atom. The molecule has 1 aliphatic rings. The summed E-state index contributed by atoms with van der Waals surface area (Å²) in [6.45, 7) is 0.260. The van der Waals surface area contributed by atoms with Crippen molar-refractivity contribution < 1.29 is 9.53 Å². The number of thioether (sulfide) groups is 1. The van der Waals surface area contributed by atoms with Crippen LogP contribution in [0.5, 0.6) is 5.75 Å². The topological polar surface area (TPSA) is 38.3 Å². The van der Waals surface area contributed by atoms with E-state index in [2.05, 4.69) is 5.32 Å². The van der Waals surface area contributed by atoms with E-state index in [1.165, 1.54) is 11.8 Å². The fourth-order valence-corrected chi connectivity index (χ4v) is 4.39. The molecule has 0 unspecified atom stereocenters. The standard InChI is InChI=1S/C22H14Cl3NO2S/c23-15-7-8-19(28-12-13-5-6-16(24)11-17(13)25)14(9-15)10-21-22(27)26-18-3-1-2-4-20(18)29-21/h1-11H,12H2,(H,26,27)/b21-10-. The predicted octanol–water partition coefficient (Wildman–Crippen LogP) is 7.31. The third-order valence-electron chi connectivity index (χ3n) is 4.24. The molecule has 0 aromatic heterocycles. The van der Waals surface area contributed by atoms with Gasteiger partial charge in [-0.15, -0.1) is 0 Å². The van der Waals surface area contributed by atoms with E-state index in [1.54, 1.807) is 36.4 Å². The van der Waals surface area contributed by atoms with Gasteiger partial charge in [-0.25, -0.2) is 0 Å². The van der Waals surface area contributed by atoms with Gasteiger partial charge in [0.15, 0.2) is 0 Å². The highest BCUT2D eigenvalue weighted by atomic mass is 35.5. The number of amides is 1. The lowest BCUT2D eigenvalue weighted by molar-refractivity contribution is -0.112. The Hall–Kier alpha value is -2.11. The van der Waals surface area contributed by atoms with Crippen LogP contribution in [-0.2, 0) is 11.4 Å². The lowest BCUT2D eigenvalue weighted by atomic mass is 10.1. The summed E-state index contributed by atoms with van der Waals surface area (Å²) in [5, 5.41) is 4.55. The molecule has 4 rings (SSSR count). The molecule has 7 heteroatoms. The quantitative estimate of drug-likeness (QED) is 0.413. The Labute approximate surface area is 187 Å². The van der Waals surface area contributed by atoms with E-state index >= 15 is 0 Å². The van der Waals surface area contributed by atoms with Crippen LogP contribution in [0.15, 0.2) is 70.5 Å². The van der Waals surface area contributed by atoms with Crippen molar-refractivity contribution in [2.24, 2.45) is 0 Å².